The Morgan fingerprint density at radius 3 is 2.93 bits per heavy atom. The van der Waals surface area contributed by atoms with Crippen LogP contribution >= 0.6 is 0 Å². The van der Waals surface area contributed by atoms with Gasteiger partial charge < -0.3 is 10.4 Å². The first-order valence-corrected chi connectivity index (χ1v) is 5.39. The topological polar surface area (TPSA) is 32.3 Å². The molecule has 2 nitrogen and oxygen atoms in total. The number of hydrogen-bond acceptors (Lipinski definition) is 2. The number of rotatable bonds is 2. The van der Waals surface area contributed by atoms with Crippen LogP contribution in [-0.2, 0) is 0 Å². The van der Waals surface area contributed by atoms with Gasteiger partial charge in [-0.15, -0.1) is 0 Å². The summed E-state index contributed by atoms with van der Waals surface area (Å²) < 4.78 is 13.6. The van der Waals surface area contributed by atoms with E-state index in [4.69, 9.17) is 0 Å². The molecule has 0 bridgehead atoms. The molecule has 2 rings (SSSR count). The van der Waals surface area contributed by atoms with Gasteiger partial charge in [0.2, 0.25) is 0 Å². The van der Waals surface area contributed by atoms with Crippen molar-refractivity contribution < 1.29 is 9.50 Å². The molecule has 3 heteroatoms. The summed E-state index contributed by atoms with van der Waals surface area (Å²) in [5.74, 6) is 0.123. The van der Waals surface area contributed by atoms with E-state index in [1.54, 1.807) is 6.07 Å². The van der Waals surface area contributed by atoms with Gasteiger partial charge in [-0.2, -0.15) is 0 Å². The van der Waals surface area contributed by atoms with Crippen LogP contribution < -0.4 is 5.32 Å². The number of aliphatic hydroxyl groups is 1. The van der Waals surface area contributed by atoms with Crippen LogP contribution in [0.1, 0.15) is 17.9 Å². The predicted molar refractivity (Wildman–Crippen MR) is 57.2 cm³/mol. The van der Waals surface area contributed by atoms with Crippen molar-refractivity contribution in [2.45, 2.75) is 12.3 Å². The highest BCUT2D eigenvalue weighted by Crippen LogP contribution is 2.30. The molecule has 1 fully saturated rings. The highest BCUT2D eigenvalue weighted by Gasteiger charge is 2.27. The molecular formula is C12H16FNO. The van der Waals surface area contributed by atoms with Gasteiger partial charge in [-0.3, -0.25) is 0 Å². The summed E-state index contributed by atoms with van der Waals surface area (Å²) in [6, 6.07) is 6.85. The van der Waals surface area contributed by atoms with E-state index in [1.165, 1.54) is 6.07 Å². The molecule has 1 aliphatic rings. The largest absolute Gasteiger partial charge is 0.396 e. The molecule has 2 unspecified atom stereocenters. The zero-order chi connectivity index (χ0) is 10.7. The van der Waals surface area contributed by atoms with Crippen LogP contribution in [0.25, 0.3) is 0 Å². The fourth-order valence-corrected chi connectivity index (χ4v) is 2.27. The van der Waals surface area contributed by atoms with Crippen molar-refractivity contribution in [2.75, 3.05) is 19.7 Å². The highest BCUT2D eigenvalue weighted by molar-refractivity contribution is 5.23. The SMILES string of the molecule is OCC1CCNCC1c1ccccc1F. The lowest BCUT2D eigenvalue weighted by molar-refractivity contribution is 0.175. The van der Waals surface area contributed by atoms with Crippen molar-refractivity contribution in [1.29, 1.82) is 0 Å². The molecule has 2 N–H and O–H groups in total. The molecule has 1 aromatic rings. The van der Waals surface area contributed by atoms with E-state index in [0.717, 1.165) is 25.1 Å². The van der Waals surface area contributed by atoms with E-state index in [9.17, 15) is 9.50 Å². The van der Waals surface area contributed by atoms with Crippen molar-refractivity contribution in [3.63, 3.8) is 0 Å². The lowest BCUT2D eigenvalue weighted by atomic mass is 9.82. The lowest BCUT2D eigenvalue weighted by Gasteiger charge is -2.31. The van der Waals surface area contributed by atoms with Crippen LogP contribution in [0, 0.1) is 11.7 Å². The van der Waals surface area contributed by atoms with Gasteiger partial charge in [0.15, 0.2) is 0 Å². The molecule has 1 aromatic carbocycles. The average Bonchev–Trinajstić information content (AvgIpc) is 2.30. The van der Waals surface area contributed by atoms with Gasteiger partial charge in [0, 0.05) is 19.1 Å². The Morgan fingerprint density at radius 1 is 1.40 bits per heavy atom. The Balaban J connectivity index is 2.24. The summed E-state index contributed by atoms with van der Waals surface area (Å²) in [4.78, 5) is 0. The van der Waals surface area contributed by atoms with E-state index >= 15 is 0 Å². The first-order chi connectivity index (χ1) is 7.33. The fraction of sp³-hybridized carbons (Fsp3) is 0.500. The second-order valence-electron chi connectivity index (χ2n) is 4.06. The summed E-state index contributed by atoms with van der Waals surface area (Å²) in [5, 5.41) is 12.5. The summed E-state index contributed by atoms with van der Waals surface area (Å²) in [6.45, 7) is 1.81. The minimum absolute atomic E-state index is 0.102. The van der Waals surface area contributed by atoms with Crippen molar-refractivity contribution in [3.05, 3.63) is 35.6 Å². The quantitative estimate of drug-likeness (QED) is 0.774. The van der Waals surface area contributed by atoms with Gasteiger partial charge in [0.05, 0.1) is 0 Å². The van der Waals surface area contributed by atoms with Crippen molar-refractivity contribution in [1.82, 2.24) is 5.32 Å². The molecule has 1 saturated heterocycles. The predicted octanol–water partition coefficient (Wildman–Crippen LogP) is 1.51. The molecule has 0 saturated carbocycles. The number of hydrogen-bond donors (Lipinski definition) is 2. The first kappa shape index (κ1) is 10.6. The smallest absolute Gasteiger partial charge is 0.126 e. The van der Waals surface area contributed by atoms with Crippen LogP contribution in [0.4, 0.5) is 4.39 Å². The van der Waals surface area contributed by atoms with Gasteiger partial charge >= 0.3 is 0 Å². The molecule has 1 aliphatic heterocycles. The van der Waals surface area contributed by atoms with Crippen LogP contribution in [0.3, 0.4) is 0 Å². The summed E-state index contributed by atoms with van der Waals surface area (Å²) in [7, 11) is 0. The molecule has 0 aliphatic carbocycles. The maximum absolute atomic E-state index is 13.6. The second-order valence-corrected chi connectivity index (χ2v) is 4.06. The summed E-state index contributed by atoms with van der Waals surface area (Å²) >= 11 is 0. The van der Waals surface area contributed by atoms with E-state index in [0.29, 0.717) is 0 Å². The summed E-state index contributed by atoms with van der Waals surface area (Å²) in [6.07, 6.45) is 0.912. The highest BCUT2D eigenvalue weighted by atomic mass is 19.1. The second kappa shape index (κ2) is 4.73. The number of halogens is 1. The first-order valence-electron chi connectivity index (χ1n) is 5.39. The molecule has 15 heavy (non-hydrogen) atoms. The normalized spacial score (nSPS) is 26.5. The number of piperidine rings is 1. The third-order valence-corrected chi connectivity index (χ3v) is 3.16. The van der Waals surface area contributed by atoms with E-state index in [-0.39, 0.29) is 24.3 Å². The molecule has 0 radical (unpaired) electrons. The molecule has 0 aromatic heterocycles. The number of nitrogens with one attached hydrogen (secondary N) is 1. The molecule has 2 atom stereocenters. The van der Waals surface area contributed by atoms with Crippen LogP contribution in [0.5, 0.6) is 0 Å². The molecule has 0 spiro atoms. The molecule has 0 amide bonds. The third kappa shape index (κ3) is 2.19. The zero-order valence-electron chi connectivity index (χ0n) is 8.62. The van der Waals surface area contributed by atoms with Gasteiger partial charge in [0.1, 0.15) is 5.82 Å². The number of aliphatic hydroxyl groups excluding tert-OH is 1. The summed E-state index contributed by atoms with van der Waals surface area (Å²) in [5.41, 5.74) is 0.726. The van der Waals surface area contributed by atoms with E-state index in [1.807, 2.05) is 12.1 Å². The monoisotopic (exact) mass is 209 g/mol. The number of benzene rings is 1. The Morgan fingerprint density at radius 2 is 2.20 bits per heavy atom. The van der Waals surface area contributed by atoms with E-state index < -0.39 is 0 Å². The molecular weight excluding hydrogens is 193 g/mol. The standard InChI is InChI=1S/C12H16FNO/c13-12-4-2-1-3-10(12)11-7-14-6-5-9(11)8-15/h1-4,9,11,14-15H,5-8H2. The van der Waals surface area contributed by atoms with Crippen LogP contribution in [-0.4, -0.2) is 24.8 Å². The third-order valence-electron chi connectivity index (χ3n) is 3.16. The van der Waals surface area contributed by atoms with Gasteiger partial charge in [-0.1, -0.05) is 18.2 Å². The van der Waals surface area contributed by atoms with E-state index in [2.05, 4.69) is 5.32 Å². The Labute approximate surface area is 89.1 Å². The average molecular weight is 209 g/mol. The van der Waals surface area contributed by atoms with Crippen molar-refractivity contribution in [2.24, 2.45) is 5.92 Å². The van der Waals surface area contributed by atoms with Gasteiger partial charge in [0.25, 0.3) is 0 Å². The molecule has 82 valence electrons. The van der Waals surface area contributed by atoms with Crippen LogP contribution in [0.15, 0.2) is 24.3 Å². The van der Waals surface area contributed by atoms with Crippen molar-refractivity contribution in [3.8, 4) is 0 Å². The van der Waals surface area contributed by atoms with Crippen LogP contribution in [0.2, 0.25) is 0 Å². The fourth-order valence-electron chi connectivity index (χ4n) is 2.27. The maximum Gasteiger partial charge on any atom is 0.126 e. The van der Waals surface area contributed by atoms with Gasteiger partial charge in [-0.05, 0) is 30.5 Å². The lowest BCUT2D eigenvalue weighted by Crippen LogP contribution is -2.37. The maximum atomic E-state index is 13.6. The minimum Gasteiger partial charge on any atom is -0.396 e. The zero-order valence-corrected chi connectivity index (χ0v) is 8.62. The van der Waals surface area contributed by atoms with Gasteiger partial charge in [-0.25, -0.2) is 4.39 Å². The Bertz CT molecular complexity index is 329. The Kier molecular flexibility index (Phi) is 3.34. The molecule has 1 heterocycles. The Hall–Kier alpha value is -0.930. The minimum atomic E-state index is -0.162. The van der Waals surface area contributed by atoms with Crippen molar-refractivity contribution >= 4 is 0 Å².